The highest BCUT2D eigenvalue weighted by Crippen LogP contribution is 2.22. The van der Waals surface area contributed by atoms with E-state index >= 15 is 0 Å². The fourth-order valence-corrected chi connectivity index (χ4v) is 3.23. The summed E-state index contributed by atoms with van der Waals surface area (Å²) in [5, 5.41) is 17.2. The lowest BCUT2D eigenvalue weighted by atomic mass is 10.0. The zero-order valence-electron chi connectivity index (χ0n) is 15.5. The summed E-state index contributed by atoms with van der Waals surface area (Å²) in [5.41, 5.74) is 4.36. The fourth-order valence-electron chi connectivity index (χ4n) is 3.23. The number of hydrogen-bond acceptors (Lipinski definition) is 3. The Morgan fingerprint density at radius 1 is 1.11 bits per heavy atom. The van der Waals surface area contributed by atoms with Crippen LogP contribution < -0.4 is 5.32 Å². The fraction of sp³-hybridized carbons (Fsp3) is 0.273. The first-order chi connectivity index (χ1) is 13.1. The van der Waals surface area contributed by atoms with Gasteiger partial charge in [0.2, 0.25) is 0 Å². The van der Waals surface area contributed by atoms with Crippen LogP contribution in [-0.4, -0.2) is 26.9 Å². The van der Waals surface area contributed by atoms with E-state index in [0.29, 0.717) is 13.0 Å². The van der Waals surface area contributed by atoms with Crippen LogP contribution in [0.5, 0.6) is 0 Å². The Morgan fingerprint density at radius 2 is 1.78 bits per heavy atom. The summed E-state index contributed by atoms with van der Waals surface area (Å²) in [6.07, 6.45) is 3.56. The van der Waals surface area contributed by atoms with E-state index in [0.717, 1.165) is 23.2 Å². The van der Waals surface area contributed by atoms with Crippen LogP contribution in [0.2, 0.25) is 0 Å². The molecule has 27 heavy (non-hydrogen) atoms. The molecule has 0 bridgehead atoms. The van der Waals surface area contributed by atoms with Gasteiger partial charge < -0.3 is 10.4 Å². The third kappa shape index (κ3) is 5.53. The number of carboxylic acids is 1. The van der Waals surface area contributed by atoms with Crippen molar-refractivity contribution in [2.45, 2.75) is 31.8 Å². The molecule has 5 nitrogen and oxygen atoms in total. The summed E-state index contributed by atoms with van der Waals surface area (Å²) >= 11 is 0. The van der Waals surface area contributed by atoms with Gasteiger partial charge in [-0.15, -0.1) is 0 Å². The zero-order valence-corrected chi connectivity index (χ0v) is 15.5. The van der Waals surface area contributed by atoms with Crippen molar-refractivity contribution in [2.24, 2.45) is 7.05 Å². The number of aliphatic carboxylic acids is 1. The van der Waals surface area contributed by atoms with Crippen LogP contribution in [0.4, 0.5) is 0 Å². The molecule has 3 aromatic rings. The molecule has 5 heteroatoms. The Bertz CT molecular complexity index is 860. The molecule has 2 N–H and O–H groups in total. The Morgan fingerprint density at radius 3 is 2.44 bits per heavy atom. The first kappa shape index (κ1) is 18.9. The number of hydrogen-bond donors (Lipinski definition) is 2. The van der Waals surface area contributed by atoms with E-state index < -0.39 is 5.97 Å². The molecule has 0 aliphatic heterocycles. The molecule has 140 valence electrons. The number of carbonyl (C=O) groups is 1. The van der Waals surface area contributed by atoms with Gasteiger partial charge in [0, 0.05) is 43.4 Å². The van der Waals surface area contributed by atoms with E-state index in [-0.39, 0.29) is 12.5 Å². The van der Waals surface area contributed by atoms with Crippen LogP contribution >= 0.6 is 0 Å². The first-order valence-corrected chi connectivity index (χ1v) is 9.19. The van der Waals surface area contributed by atoms with Crippen molar-refractivity contribution < 1.29 is 9.90 Å². The lowest BCUT2D eigenvalue weighted by Crippen LogP contribution is -2.31. The highest BCUT2D eigenvalue weighted by molar-refractivity contribution is 5.66. The summed E-state index contributed by atoms with van der Waals surface area (Å²) < 4.78 is 1.82. The van der Waals surface area contributed by atoms with Crippen molar-refractivity contribution in [3.8, 4) is 11.3 Å². The van der Waals surface area contributed by atoms with Gasteiger partial charge in [-0.25, -0.2) is 0 Å². The second-order valence-corrected chi connectivity index (χ2v) is 6.74. The largest absolute Gasteiger partial charge is 0.481 e. The van der Waals surface area contributed by atoms with Crippen molar-refractivity contribution in [3.05, 3.63) is 78.0 Å². The second-order valence-electron chi connectivity index (χ2n) is 6.74. The van der Waals surface area contributed by atoms with Gasteiger partial charge in [0.25, 0.3) is 0 Å². The van der Waals surface area contributed by atoms with Crippen LogP contribution in [0.1, 0.15) is 24.0 Å². The molecule has 1 heterocycles. The van der Waals surface area contributed by atoms with Crippen molar-refractivity contribution >= 4 is 5.97 Å². The number of rotatable bonds is 9. The first-order valence-electron chi connectivity index (χ1n) is 9.19. The van der Waals surface area contributed by atoms with Gasteiger partial charge in [0.05, 0.1) is 5.69 Å². The highest BCUT2D eigenvalue weighted by Gasteiger charge is 2.15. The Kier molecular flexibility index (Phi) is 6.39. The molecular weight excluding hydrogens is 338 g/mol. The average molecular weight is 363 g/mol. The number of benzene rings is 2. The third-order valence-corrected chi connectivity index (χ3v) is 4.56. The molecule has 0 saturated heterocycles. The Labute approximate surface area is 159 Å². The standard InChI is InChI=1S/C22H25N3O2/c1-25-16-19(22(24-25)18-10-6-3-7-11-18)15-23-20(12-13-21(26)27)14-17-8-4-2-5-9-17/h2-11,16,20,23H,12-15H2,1H3,(H,26,27). The minimum atomic E-state index is -0.763. The molecule has 0 aliphatic rings. The van der Waals surface area contributed by atoms with Crippen molar-refractivity contribution in [1.29, 1.82) is 0 Å². The number of nitrogens with one attached hydrogen (secondary N) is 1. The smallest absolute Gasteiger partial charge is 0.303 e. The molecule has 1 atom stereocenters. The molecular formula is C22H25N3O2. The predicted molar refractivity (Wildman–Crippen MR) is 106 cm³/mol. The minimum absolute atomic E-state index is 0.0901. The van der Waals surface area contributed by atoms with Gasteiger partial charge in [-0.3, -0.25) is 9.48 Å². The summed E-state index contributed by atoms with van der Waals surface area (Å²) in [4.78, 5) is 11.0. The third-order valence-electron chi connectivity index (χ3n) is 4.56. The van der Waals surface area contributed by atoms with Gasteiger partial charge in [0.1, 0.15) is 0 Å². The SMILES string of the molecule is Cn1cc(CNC(CCC(=O)O)Cc2ccccc2)c(-c2ccccc2)n1. The molecule has 0 aliphatic carbocycles. The van der Waals surface area contributed by atoms with Gasteiger partial charge >= 0.3 is 5.97 Å². The number of carboxylic acid groups (broad SMARTS) is 1. The molecule has 0 fully saturated rings. The molecule has 0 amide bonds. The summed E-state index contributed by atoms with van der Waals surface area (Å²) in [6.45, 7) is 0.648. The second kappa shape index (κ2) is 9.14. The molecule has 3 rings (SSSR count). The van der Waals surface area contributed by atoms with E-state index in [1.807, 2.05) is 54.3 Å². The van der Waals surface area contributed by atoms with E-state index in [4.69, 9.17) is 5.11 Å². The summed E-state index contributed by atoms with van der Waals surface area (Å²) in [7, 11) is 1.92. The molecule has 0 spiro atoms. The van der Waals surface area contributed by atoms with E-state index in [2.05, 4.69) is 34.7 Å². The van der Waals surface area contributed by atoms with Crippen LogP contribution in [0, 0.1) is 0 Å². The van der Waals surface area contributed by atoms with E-state index in [1.165, 1.54) is 5.56 Å². The molecule has 0 radical (unpaired) electrons. The Balaban J connectivity index is 1.72. The molecule has 0 saturated carbocycles. The lowest BCUT2D eigenvalue weighted by Gasteiger charge is -2.18. The van der Waals surface area contributed by atoms with Crippen LogP contribution in [0.15, 0.2) is 66.9 Å². The minimum Gasteiger partial charge on any atom is -0.481 e. The van der Waals surface area contributed by atoms with Gasteiger partial charge in [-0.05, 0) is 18.4 Å². The predicted octanol–water partition coefficient (Wildman–Crippen LogP) is 3.65. The zero-order chi connectivity index (χ0) is 19.1. The summed E-state index contributed by atoms with van der Waals surface area (Å²) in [5.74, 6) is -0.763. The number of aryl methyl sites for hydroxylation is 1. The monoisotopic (exact) mass is 363 g/mol. The molecule has 1 aromatic heterocycles. The van der Waals surface area contributed by atoms with Crippen LogP contribution in [0.25, 0.3) is 11.3 Å². The number of aromatic nitrogens is 2. The highest BCUT2D eigenvalue weighted by atomic mass is 16.4. The molecule has 2 aromatic carbocycles. The normalized spacial score (nSPS) is 12.0. The number of nitrogens with zero attached hydrogens (tertiary/aromatic N) is 2. The average Bonchev–Trinajstić information content (AvgIpc) is 3.06. The topological polar surface area (TPSA) is 67.2 Å². The van der Waals surface area contributed by atoms with Crippen molar-refractivity contribution in [3.63, 3.8) is 0 Å². The van der Waals surface area contributed by atoms with E-state index in [1.54, 1.807) is 0 Å². The maximum Gasteiger partial charge on any atom is 0.303 e. The van der Waals surface area contributed by atoms with Gasteiger partial charge in [0.15, 0.2) is 0 Å². The van der Waals surface area contributed by atoms with E-state index in [9.17, 15) is 4.79 Å². The maximum atomic E-state index is 11.0. The quantitative estimate of drug-likeness (QED) is 0.609. The van der Waals surface area contributed by atoms with Crippen LogP contribution in [-0.2, 0) is 24.8 Å². The lowest BCUT2D eigenvalue weighted by molar-refractivity contribution is -0.137. The van der Waals surface area contributed by atoms with Crippen molar-refractivity contribution in [2.75, 3.05) is 0 Å². The van der Waals surface area contributed by atoms with Crippen molar-refractivity contribution in [1.82, 2.24) is 15.1 Å². The van der Waals surface area contributed by atoms with Gasteiger partial charge in [-0.1, -0.05) is 60.7 Å². The molecule has 1 unspecified atom stereocenters. The van der Waals surface area contributed by atoms with Crippen LogP contribution in [0.3, 0.4) is 0 Å². The Hall–Kier alpha value is -2.92. The van der Waals surface area contributed by atoms with Gasteiger partial charge in [-0.2, -0.15) is 5.10 Å². The maximum absolute atomic E-state index is 11.0. The summed E-state index contributed by atoms with van der Waals surface area (Å²) in [6, 6.07) is 20.4.